The number of nitrogens with zero attached hydrogens (tertiary/aromatic N) is 3. The van der Waals surface area contributed by atoms with E-state index < -0.39 is 41.8 Å². The molecule has 1 aromatic carbocycles. The van der Waals surface area contributed by atoms with Crippen molar-refractivity contribution in [2.45, 2.75) is 28.1 Å². The normalized spacial score (nSPS) is 12.5. The van der Waals surface area contributed by atoms with Gasteiger partial charge in [0.15, 0.2) is 0 Å². The number of imidazole rings is 1. The van der Waals surface area contributed by atoms with Crippen LogP contribution in [-0.2, 0) is 26.4 Å². The molecule has 0 aliphatic carbocycles. The molecular formula is C21H17F3N4O6S3. The second kappa shape index (κ2) is 9.35. The van der Waals surface area contributed by atoms with E-state index in [1.54, 1.807) is 11.4 Å². The van der Waals surface area contributed by atoms with Crippen molar-refractivity contribution in [3.05, 3.63) is 81.8 Å². The number of nitrogens with one attached hydrogen (secondary N) is 1. The highest BCUT2D eigenvalue weighted by molar-refractivity contribution is 7.94. The second-order valence-corrected chi connectivity index (χ2v) is 12.4. The SMILES string of the molecule is Cc1c(O)n(-c2ccc(S(=O)(=O)C(F)(F)F)cc2)c(=O)n1Cc1ccnc(NS(=O)(=O)c2cccs2)c1. The predicted molar refractivity (Wildman–Crippen MR) is 128 cm³/mol. The first-order valence-electron chi connectivity index (χ1n) is 10.2. The van der Waals surface area contributed by atoms with E-state index in [2.05, 4.69) is 9.71 Å². The highest BCUT2D eigenvalue weighted by Gasteiger charge is 2.46. The van der Waals surface area contributed by atoms with Crippen LogP contribution >= 0.6 is 11.3 Å². The van der Waals surface area contributed by atoms with E-state index in [4.69, 9.17) is 0 Å². The molecule has 4 rings (SSSR count). The third-order valence-corrected chi connectivity index (χ3v) is 9.49. The Hall–Kier alpha value is -3.63. The van der Waals surface area contributed by atoms with Gasteiger partial charge in [-0.2, -0.15) is 13.2 Å². The molecular weight excluding hydrogens is 557 g/mol. The number of thiophene rings is 1. The van der Waals surface area contributed by atoms with Crippen LogP contribution in [0.2, 0.25) is 0 Å². The molecule has 0 saturated carbocycles. The maximum absolute atomic E-state index is 13.1. The smallest absolute Gasteiger partial charge is 0.493 e. The maximum Gasteiger partial charge on any atom is 0.501 e. The fourth-order valence-corrected chi connectivity index (χ4v) is 6.13. The van der Waals surface area contributed by atoms with Crippen molar-refractivity contribution in [1.29, 1.82) is 0 Å². The lowest BCUT2D eigenvalue weighted by atomic mass is 10.2. The van der Waals surface area contributed by atoms with Crippen molar-refractivity contribution in [1.82, 2.24) is 14.1 Å². The van der Waals surface area contributed by atoms with Gasteiger partial charge in [-0.25, -0.2) is 31.2 Å². The zero-order chi connectivity index (χ0) is 27.2. The standard InChI is InChI=1S/C21H17F3N4O6S3/c1-13-19(29)28(15-4-6-16(7-5-15)36(31,32)21(22,23)24)20(30)27(13)12-14-8-9-25-17(11-14)26-37(33,34)18-3-2-10-35-18/h2-11,29H,12H2,1H3,(H,25,26). The van der Waals surface area contributed by atoms with Crippen LogP contribution in [0.15, 0.2) is 74.0 Å². The molecule has 196 valence electrons. The van der Waals surface area contributed by atoms with Crippen LogP contribution in [0.25, 0.3) is 5.69 Å². The number of pyridine rings is 1. The molecule has 3 aromatic heterocycles. The van der Waals surface area contributed by atoms with Crippen molar-refractivity contribution in [3.63, 3.8) is 0 Å². The van der Waals surface area contributed by atoms with Gasteiger partial charge in [0, 0.05) is 6.20 Å². The molecule has 0 aliphatic rings. The van der Waals surface area contributed by atoms with Crippen LogP contribution in [0.3, 0.4) is 0 Å². The maximum atomic E-state index is 13.1. The first-order valence-corrected chi connectivity index (χ1v) is 14.0. The topological polar surface area (TPSA) is 140 Å². The van der Waals surface area contributed by atoms with E-state index in [-0.39, 0.29) is 28.0 Å². The monoisotopic (exact) mass is 574 g/mol. The van der Waals surface area contributed by atoms with Crippen molar-refractivity contribution < 1.29 is 35.1 Å². The highest BCUT2D eigenvalue weighted by Crippen LogP contribution is 2.31. The Kier molecular flexibility index (Phi) is 6.68. The summed E-state index contributed by atoms with van der Waals surface area (Å²) in [5, 5.41) is 12.1. The van der Waals surface area contributed by atoms with Gasteiger partial charge in [0.05, 0.1) is 22.8 Å². The molecule has 0 saturated heterocycles. The van der Waals surface area contributed by atoms with E-state index in [1.807, 2.05) is 0 Å². The number of sulfone groups is 1. The zero-order valence-electron chi connectivity index (χ0n) is 18.7. The summed E-state index contributed by atoms with van der Waals surface area (Å²) in [7, 11) is -9.44. The minimum atomic E-state index is -5.58. The van der Waals surface area contributed by atoms with E-state index in [0.29, 0.717) is 17.7 Å². The Morgan fingerprint density at radius 2 is 1.76 bits per heavy atom. The summed E-state index contributed by atoms with van der Waals surface area (Å²) in [4.78, 5) is 16.0. The summed E-state index contributed by atoms with van der Waals surface area (Å²) >= 11 is 1.02. The van der Waals surface area contributed by atoms with Crippen LogP contribution in [-0.4, -0.2) is 41.6 Å². The number of benzene rings is 1. The third kappa shape index (κ3) is 4.99. The molecule has 0 aliphatic heterocycles. The number of alkyl halides is 3. The van der Waals surface area contributed by atoms with Crippen LogP contribution < -0.4 is 10.4 Å². The molecule has 10 nitrogen and oxygen atoms in total. The Morgan fingerprint density at radius 1 is 1.08 bits per heavy atom. The molecule has 0 unspecified atom stereocenters. The predicted octanol–water partition coefficient (Wildman–Crippen LogP) is 3.25. The van der Waals surface area contributed by atoms with Crippen molar-refractivity contribution >= 4 is 37.0 Å². The Balaban J connectivity index is 1.64. The highest BCUT2D eigenvalue weighted by atomic mass is 32.2. The number of hydrogen-bond donors (Lipinski definition) is 2. The van der Waals surface area contributed by atoms with E-state index >= 15 is 0 Å². The van der Waals surface area contributed by atoms with Gasteiger partial charge >= 0.3 is 11.2 Å². The van der Waals surface area contributed by atoms with Crippen LogP contribution in [0, 0.1) is 6.92 Å². The average molecular weight is 575 g/mol. The first kappa shape index (κ1) is 26.4. The number of rotatable bonds is 7. The molecule has 3 heterocycles. The molecule has 0 radical (unpaired) electrons. The number of aromatic nitrogens is 3. The fraction of sp³-hybridized carbons (Fsp3) is 0.143. The summed E-state index contributed by atoms with van der Waals surface area (Å²) < 4.78 is 90.9. The molecule has 16 heteroatoms. The summed E-state index contributed by atoms with van der Waals surface area (Å²) in [6, 6.07) is 9.24. The third-order valence-electron chi connectivity index (χ3n) is 5.24. The lowest BCUT2D eigenvalue weighted by Crippen LogP contribution is -2.25. The Bertz CT molecular complexity index is 1730. The molecule has 0 fully saturated rings. The van der Waals surface area contributed by atoms with Crippen LogP contribution in [0.4, 0.5) is 19.0 Å². The molecule has 0 atom stereocenters. The van der Waals surface area contributed by atoms with E-state index in [0.717, 1.165) is 32.6 Å². The molecule has 4 aromatic rings. The van der Waals surface area contributed by atoms with Crippen molar-refractivity contribution in [2.24, 2.45) is 0 Å². The zero-order valence-corrected chi connectivity index (χ0v) is 21.1. The van der Waals surface area contributed by atoms with Gasteiger partial charge in [0.1, 0.15) is 10.0 Å². The lowest BCUT2D eigenvalue weighted by molar-refractivity contribution is -0.0436. The molecule has 0 bridgehead atoms. The summed E-state index contributed by atoms with van der Waals surface area (Å²) in [5.41, 5.74) is -5.76. The number of aromatic hydroxyl groups is 1. The quantitative estimate of drug-likeness (QED) is 0.345. The lowest BCUT2D eigenvalue weighted by Gasteiger charge is -2.09. The van der Waals surface area contributed by atoms with Gasteiger partial charge in [0.2, 0.25) is 5.88 Å². The minimum absolute atomic E-state index is 0.00159. The minimum Gasteiger partial charge on any atom is -0.493 e. The van der Waals surface area contributed by atoms with Gasteiger partial charge in [-0.15, -0.1) is 11.3 Å². The number of anilines is 1. The van der Waals surface area contributed by atoms with Gasteiger partial charge in [-0.05, 0) is 60.3 Å². The Labute approximate surface area is 212 Å². The molecule has 2 N–H and O–H groups in total. The van der Waals surface area contributed by atoms with E-state index in [1.165, 1.54) is 31.3 Å². The van der Waals surface area contributed by atoms with Gasteiger partial charge in [0.25, 0.3) is 19.9 Å². The van der Waals surface area contributed by atoms with Crippen molar-refractivity contribution in [3.8, 4) is 11.6 Å². The number of hydrogen-bond acceptors (Lipinski definition) is 8. The first-order chi connectivity index (χ1) is 17.2. The molecule has 0 amide bonds. The number of sulfonamides is 1. The van der Waals surface area contributed by atoms with Gasteiger partial charge < -0.3 is 5.11 Å². The second-order valence-electron chi connectivity index (χ2n) is 7.64. The molecule has 0 spiro atoms. The average Bonchev–Trinajstić information content (AvgIpc) is 3.44. The van der Waals surface area contributed by atoms with Crippen LogP contribution in [0.1, 0.15) is 11.3 Å². The Morgan fingerprint density at radius 3 is 2.35 bits per heavy atom. The van der Waals surface area contributed by atoms with E-state index in [9.17, 15) is 39.9 Å². The van der Waals surface area contributed by atoms with Crippen LogP contribution in [0.5, 0.6) is 5.88 Å². The summed E-state index contributed by atoms with van der Waals surface area (Å²) in [6.07, 6.45) is 1.33. The largest absolute Gasteiger partial charge is 0.501 e. The summed E-state index contributed by atoms with van der Waals surface area (Å²) in [5.74, 6) is -0.508. The fourth-order valence-electron chi connectivity index (χ4n) is 3.38. The number of halogens is 3. The van der Waals surface area contributed by atoms with Gasteiger partial charge in [-0.1, -0.05) is 6.07 Å². The molecule has 37 heavy (non-hydrogen) atoms. The summed E-state index contributed by atoms with van der Waals surface area (Å²) in [6.45, 7) is 1.32. The van der Waals surface area contributed by atoms with Gasteiger partial charge in [-0.3, -0.25) is 9.29 Å². The van der Waals surface area contributed by atoms with Crippen molar-refractivity contribution in [2.75, 3.05) is 4.72 Å².